The Morgan fingerprint density at radius 3 is 2.57 bits per heavy atom. The second-order valence-corrected chi connectivity index (χ2v) is 5.73. The molecule has 0 aromatic heterocycles. The van der Waals surface area contributed by atoms with Crippen molar-refractivity contribution in [2.75, 3.05) is 5.32 Å². The van der Waals surface area contributed by atoms with Crippen LogP contribution in [0, 0.1) is 10.1 Å². The van der Waals surface area contributed by atoms with Crippen LogP contribution in [0.2, 0.25) is 0 Å². The molecule has 1 aromatic carbocycles. The number of nitro benzene ring substituents is 1. The molecular weight excluding hydrogens is 272 g/mol. The van der Waals surface area contributed by atoms with Crippen molar-refractivity contribution in [3.05, 3.63) is 28.3 Å². The van der Waals surface area contributed by atoms with Crippen molar-refractivity contribution in [2.24, 2.45) is 0 Å². The number of aliphatic hydroxyl groups is 1. The van der Waals surface area contributed by atoms with Crippen molar-refractivity contribution < 1.29 is 14.8 Å². The Labute approximate surface area is 124 Å². The Morgan fingerprint density at radius 2 is 2.00 bits per heavy atom. The molecule has 1 aliphatic rings. The fourth-order valence-electron chi connectivity index (χ4n) is 2.62. The van der Waals surface area contributed by atoms with Crippen molar-refractivity contribution >= 4 is 11.4 Å². The van der Waals surface area contributed by atoms with Crippen LogP contribution in [0.4, 0.5) is 11.4 Å². The van der Waals surface area contributed by atoms with Gasteiger partial charge in [-0.25, -0.2) is 0 Å². The number of nitrogens with zero attached hydrogens (tertiary/aromatic N) is 1. The minimum atomic E-state index is -0.405. The SMILES string of the molecule is CC(C)Oc1cccc(NC2CCC(O)CC2)c1[N+](=O)[O-]. The Hall–Kier alpha value is -1.82. The van der Waals surface area contributed by atoms with Crippen molar-refractivity contribution in [1.29, 1.82) is 0 Å². The average Bonchev–Trinajstić information content (AvgIpc) is 2.40. The summed E-state index contributed by atoms with van der Waals surface area (Å²) in [6, 6.07) is 5.23. The first kappa shape index (κ1) is 15.6. The van der Waals surface area contributed by atoms with E-state index in [1.807, 2.05) is 13.8 Å². The van der Waals surface area contributed by atoms with Crippen LogP contribution in [0.1, 0.15) is 39.5 Å². The van der Waals surface area contributed by atoms with Gasteiger partial charge in [-0.15, -0.1) is 0 Å². The molecule has 1 saturated carbocycles. The van der Waals surface area contributed by atoms with Crippen LogP contribution in [0.25, 0.3) is 0 Å². The fourth-order valence-corrected chi connectivity index (χ4v) is 2.62. The number of hydrogen-bond acceptors (Lipinski definition) is 5. The van der Waals surface area contributed by atoms with Gasteiger partial charge in [0.15, 0.2) is 5.75 Å². The minimum Gasteiger partial charge on any atom is -0.484 e. The zero-order valence-corrected chi connectivity index (χ0v) is 12.4. The summed E-state index contributed by atoms with van der Waals surface area (Å²) in [5.74, 6) is 0.288. The lowest BCUT2D eigenvalue weighted by Gasteiger charge is -2.27. The third-order valence-electron chi connectivity index (χ3n) is 3.60. The number of aliphatic hydroxyl groups excluding tert-OH is 1. The van der Waals surface area contributed by atoms with Gasteiger partial charge in [-0.05, 0) is 51.7 Å². The second-order valence-electron chi connectivity index (χ2n) is 5.73. The molecule has 1 aromatic rings. The third kappa shape index (κ3) is 4.07. The zero-order valence-electron chi connectivity index (χ0n) is 12.4. The van der Waals surface area contributed by atoms with Crippen molar-refractivity contribution in [3.8, 4) is 5.75 Å². The monoisotopic (exact) mass is 294 g/mol. The fraction of sp³-hybridized carbons (Fsp3) is 0.600. The summed E-state index contributed by atoms with van der Waals surface area (Å²) in [4.78, 5) is 11.0. The number of nitrogens with one attached hydrogen (secondary N) is 1. The number of rotatable bonds is 5. The molecule has 0 bridgehead atoms. The van der Waals surface area contributed by atoms with E-state index in [4.69, 9.17) is 4.74 Å². The molecule has 0 heterocycles. The van der Waals surface area contributed by atoms with Gasteiger partial charge in [0.2, 0.25) is 0 Å². The van der Waals surface area contributed by atoms with E-state index >= 15 is 0 Å². The number of nitro groups is 1. The largest absolute Gasteiger partial charge is 0.484 e. The standard InChI is InChI=1S/C15H22N2O4/c1-10(2)21-14-5-3-4-13(15(14)17(19)20)16-11-6-8-12(18)9-7-11/h3-5,10-12,16,18H,6-9H2,1-2H3. The molecule has 0 radical (unpaired) electrons. The van der Waals surface area contributed by atoms with E-state index in [1.165, 1.54) is 0 Å². The van der Waals surface area contributed by atoms with Crippen LogP contribution in [0.5, 0.6) is 5.75 Å². The molecular formula is C15H22N2O4. The molecule has 1 fully saturated rings. The molecule has 6 nitrogen and oxygen atoms in total. The summed E-state index contributed by atoms with van der Waals surface area (Å²) in [6.07, 6.45) is 2.72. The first-order chi connectivity index (χ1) is 9.97. The van der Waals surface area contributed by atoms with E-state index in [-0.39, 0.29) is 29.7 Å². The predicted octanol–water partition coefficient (Wildman–Crippen LogP) is 3.10. The molecule has 0 aliphatic heterocycles. The molecule has 2 N–H and O–H groups in total. The lowest BCUT2D eigenvalue weighted by molar-refractivity contribution is -0.385. The van der Waals surface area contributed by atoms with E-state index in [2.05, 4.69) is 5.32 Å². The number of anilines is 1. The lowest BCUT2D eigenvalue weighted by Crippen LogP contribution is -2.28. The molecule has 0 saturated heterocycles. The highest BCUT2D eigenvalue weighted by Crippen LogP contribution is 2.36. The summed E-state index contributed by atoms with van der Waals surface area (Å²) in [6.45, 7) is 3.68. The number of hydrogen-bond donors (Lipinski definition) is 2. The van der Waals surface area contributed by atoms with Crippen LogP contribution in [0.3, 0.4) is 0 Å². The van der Waals surface area contributed by atoms with Gasteiger partial charge < -0.3 is 15.2 Å². The molecule has 0 unspecified atom stereocenters. The van der Waals surface area contributed by atoms with E-state index in [1.54, 1.807) is 18.2 Å². The van der Waals surface area contributed by atoms with Gasteiger partial charge in [0.05, 0.1) is 17.1 Å². The van der Waals surface area contributed by atoms with Crippen molar-refractivity contribution in [1.82, 2.24) is 0 Å². The summed E-state index contributed by atoms with van der Waals surface area (Å²) in [5.41, 5.74) is 0.469. The van der Waals surface area contributed by atoms with Gasteiger partial charge >= 0.3 is 5.69 Å². The summed E-state index contributed by atoms with van der Waals surface area (Å²) < 4.78 is 5.53. The van der Waals surface area contributed by atoms with Crippen LogP contribution < -0.4 is 10.1 Å². The van der Waals surface area contributed by atoms with Crippen LogP contribution in [0.15, 0.2) is 18.2 Å². The maximum absolute atomic E-state index is 11.4. The summed E-state index contributed by atoms with van der Waals surface area (Å²) >= 11 is 0. The Bertz CT molecular complexity index is 496. The van der Waals surface area contributed by atoms with Gasteiger partial charge in [0.25, 0.3) is 0 Å². The zero-order chi connectivity index (χ0) is 15.4. The van der Waals surface area contributed by atoms with Crippen molar-refractivity contribution in [2.45, 2.75) is 57.8 Å². The number of para-hydroxylation sites is 1. The van der Waals surface area contributed by atoms with Gasteiger partial charge in [-0.2, -0.15) is 0 Å². The van der Waals surface area contributed by atoms with E-state index in [0.29, 0.717) is 5.69 Å². The Morgan fingerprint density at radius 1 is 1.33 bits per heavy atom. The van der Waals surface area contributed by atoms with Crippen LogP contribution in [-0.4, -0.2) is 28.3 Å². The van der Waals surface area contributed by atoms with Gasteiger partial charge in [0, 0.05) is 6.04 Å². The normalized spacial score (nSPS) is 22.1. The molecule has 0 atom stereocenters. The highest BCUT2D eigenvalue weighted by Gasteiger charge is 2.25. The third-order valence-corrected chi connectivity index (χ3v) is 3.60. The summed E-state index contributed by atoms with van der Waals surface area (Å²) in [7, 11) is 0. The maximum atomic E-state index is 11.4. The number of ether oxygens (including phenoxy) is 1. The summed E-state index contributed by atoms with van der Waals surface area (Å²) in [5, 5.41) is 24.1. The first-order valence-corrected chi connectivity index (χ1v) is 7.36. The molecule has 0 spiro atoms. The van der Waals surface area contributed by atoms with Gasteiger partial charge in [-0.3, -0.25) is 10.1 Å². The smallest absolute Gasteiger partial charge is 0.333 e. The quantitative estimate of drug-likeness (QED) is 0.644. The Kier molecular flexibility index (Phi) is 5.01. The topological polar surface area (TPSA) is 84.6 Å². The van der Waals surface area contributed by atoms with Crippen LogP contribution in [-0.2, 0) is 0 Å². The molecule has 0 amide bonds. The first-order valence-electron chi connectivity index (χ1n) is 7.36. The molecule has 6 heteroatoms. The van der Waals surface area contributed by atoms with E-state index in [0.717, 1.165) is 25.7 Å². The minimum absolute atomic E-state index is 0.0164. The van der Waals surface area contributed by atoms with E-state index in [9.17, 15) is 15.2 Å². The highest BCUT2D eigenvalue weighted by atomic mass is 16.6. The van der Waals surface area contributed by atoms with Crippen molar-refractivity contribution in [3.63, 3.8) is 0 Å². The highest BCUT2D eigenvalue weighted by molar-refractivity contribution is 5.68. The van der Waals surface area contributed by atoms with Gasteiger partial charge in [-0.1, -0.05) is 6.07 Å². The average molecular weight is 294 g/mol. The molecule has 2 rings (SSSR count). The number of benzene rings is 1. The molecule has 1 aliphatic carbocycles. The van der Waals surface area contributed by atoms with Crippen LogP contribution >= 0.6 is 0 Å². The Balaban J connectivity index is 2.20. The molecule has 21 heavy (non-hydrogen) atoms. The predicted molar refractivity (Wildman–Crippen MR) is 80.7 cm³/mol. The van der Waals surface area contributed by atoms with E-state index < -0.39 is 4.92 Å². The maximum Gasteiger partial charge on any atom is 0.333 e. The molecule has 116 valence electrons. The van der Waals surface area contributed by atoms with Gasteiger partial charge in [0.1, 0.15) is 5.69 Å². The lowest BCUT2D eigenvalue weighted by atomic mass is 9.93. The second kappa shape index (κ2) is 6.76.